The number of imidazole rings is 1. The van der Waals surface area contributed by atoms with Crippen molar-refractivity contribution in [1.29, 1.82) is 0 Å². The van der Waals surface area contributed by atoms with E-state index in [0.29, 0.717) is 35.8 Å². The third-order valence-corrected chi connectivity index (χ3v) is 8.18. The summed E-state index contributed by atoms with van der Waals surface area (Å²) in [5.41, 5.74) is 1.64. The van der Waals surface area contributed by atoms with Gasteiger partial charge in [0.15, 0.2) is 0 Å². The maximum Gasteiger partial charge on any atom is 0.387 e. The molecule has 224 valence electrons. The zero-order valence-corrected chi connectivity index (χ0v) is 23.6. The highest BCUT2D eigenvalue weighted by molar-refractivity contribution is 6.01. The summed E-state index contributed by atoms with van der Waals surface area (Å²) in [5, 5.41) is 2.81. The molecule has 2 saturated heterocycles. The highest BCUT2D eigenvalue weighted by atomic mass is 19.3. The van der Waals surface area contributed by atoms with Gasteiger partial charge in [-0.25, -0.2) is 4.98 Å². The number of amides is 1. The largest absolute Gasteiger partial charge is 0.496 e. The average Bonchev–Trinajstić information content (AvgIpc) is 3.62. The smallest absolute Gasteiger partial charge is 0.387 e. The lowest BCUT2D eigenvalue weighted by Crippen LogP contribution is -2.48. The van der Waals surface area contributed by atoms with Crippen molar-refractivity contribution in [3.05, 3.63) is 42.2 Å². The molecular weight excluding hydrogens is 550 g/mol. The molecule has 3 atom stereocenters. The van der Waals surface area contributed by atoms with E-state index in [4.69, 9.17) is 18.9 Å². The number of hydrogen-bond donors (Lipinski definition) is 1. The van der Waals surface area contributed by atoms with Crippen LogP contribution in [0.1, 0.15) is 55.8 Å². The predicted octanol–water partition coefficient (Wildman–Crippen LogP) is 4.44. The summed E-state index contributed by atoms with van der Waals surface area (Å²) < 4.78 is 50.3. The van der Waals surface area contributed by atoms with Crippen LogP contribution >= 0.6 is 0 Å². The fourth-order valence-corrected chi connectivity index (χ4v) is 6.17. The van der Waals surface area contributed by atoms with Crippen LogP contribution in [0.15, 0.2) is 36.7 Å². The first-order chi connectivity index (χ1) is 20.3. The molecule has 4 heterocycles. The zero-order valence-electron chi connectivity index (χ0n) is 23.6. The van der Waals surface area contributed by atoms with Crippen molar-refractivity contribution < 1.29 is 37.3 Å². The van der Waals surface area contributed by atoms with Crippen LogP contribution in [0.2, 0.25) is 0 Å². The predicted molar refractivity (Wildman–Crippen MR) is 148 cm³/mol. The Morgan fingerprint density at radius 2 is 1.83 bits per heavy atom. The Hall–Kier alpha value is -3.93. The first-order valence-electron chi connectivity index (χ1n) is 14.4. The molecule has 1 amide bonds. The van der Waals surface area contributed by atoms with Crippen LogP contribution in [0.3, 0.4) is 0 Å². The third-order valence-electron chi connectivity index (χ3n) is 8.18. The number of carbonyl (C=O) groups excluding carboxylic acids is 2. The van der Waals surface area contributed by atoms with Crippen LogP contribution in [0.4, 0.5) is 8.78 Å². The van der Waals surface area contributed by atoms with Gasteiger partial charge in [0.05, 0.1) is 32.2 Å². The van der Waals surface area contributed by atoms with E-state index >= 15 is 0 Å². The number of fused-ring (bicyclic) bond motifs is 3. The molecule has 0 radical (unpaired) electrons. The molecule has 2 bridgehead atoms. The van der Waals surface area contributed by atoms with Crippen LogP contribution in [-0.2, 0) is 9.53 Å². The van der Waals surface area contributed by atoms with Crippen molar-refractivity contribution in [2.75, 3.05) is 20.3 Å². The summed E-state index contributed by atoms with van der Waals surface area (Å²) in [5.74, 6) is -0.168. The highest BCUT2D eigenvalue weighted by Gasteiger charge is 2.42. The number of nitrogens with one attached hydrogen (secondary N) is 1. The molecule has 6 rings (SSSR count). The van der Waals surface area contributed by atoms with Crippen molar-refractivity contribution in [1.82, 2.24) is 19.6 Å². The summed E-state index contributed by atoms with van der Waals surface area (Å²) in [6, 6.07) is 7.31. The number of halogens is 2. The molecule has 2 aromatic heterocycles. The molecule has 1 aromatic carbocycles. The fraction of sp³-hybridized carbons (Fsp3) is 0.500. The van der Waals surface area contributed by atoms with E-state index in [0.717, 1.165) is 38.5 Å². The topological polar surface area (TPSA) is 104 Å². The lowest BCUT2D eigenvalue weighted by Gasteiger charge is -2.38. The number of pyridine rings is 1. The van der Waals surface area contributed by atoms with Gasteiger partial charge < -0.3 is 24.3 Å². The molecule has 12 heteroatoms. The van der Waals surface area contributed by atoms with E-state index < -0.39 is 12.5 Å². The molecule has 0 spiro atoms. The number of rotatable bonds is 11. The second-order valence-corrected chi connectivity index (χ2v) is 11.0. The van der Waals surface area contributed by atoms with E-state index in [1.807, 2.05) is 29.7 Å². The molecular formula is C30H34F2N4O6. The Kier molecular flexibility index (Phi) is 7.89. The summed E-state index contributed by atoms with van der Waals surface area (Å²) in [4.78, 5) is 31.7. The van der Waals surface area contributed by atoms with Crippen molar-refractivity contribution in [2.45, 2.75) is 76.3 Å². The average molecular weight is 585 g/mol. The van der Waals surface area contributed by atoms with E-state index in [1.54, 1.807) is 12.3 Å². The summed E-state index contributed by atoms with van der Waals surface area (Å²) >= 11 is 0. The van der Waals surface area contributed by atoms with Crippen molar-refractivity contribution in [3.8, 4) is 28.5 Å². The van der Waals surface area contributed by atoms with Crippen LogP contribution < -0.4 is 19.5 Å². The van der Waals surface area contributed by atoms with E-state index in [-0.39, 0.29) is 47.3 Å². The number of benzene rings is 1. The Balaban J connectivity index is 1.21. The van der Waals surface area contributed by atoms with Gasteiger partial charge >= 0.3 is 12.6 Å². The number of alkyl halides is 2. The molecule has 3 aromatic rings. The summed E-state index contributed by atoms with van der Waals surface area (Å²) in [6.45, 7) is -0.604. The van der Waals surface area contributed by atoms with Crippen LogP contribution in [-0.4, -0.2) is 77.3 Å². The van der Waals surface area contributed by atoms with Gasteiger partial charge in [0, 0.05) is 36.0 Å². The Morgan fingerprint density at radius 3 is 2.50 bits per heavy atom. The molecule has 3 fully saturated rings. The quantitative estimate of drug-likeness (QED) is 0.330. The summed E-state index contributed by atoms with van der Waals surface area (Å²) in [7, 11) is 1.38. The van der Waals surface area contributed by atoms with Crippen LogP contribution in [0, 0.1) is 0 Å². The van der Waals surface area contributed by atoms with E-state index in [1.165, 1.54) is 13.2 Å². The molecule has 1 saturated carbocycles. The number of aromatic nitrogens is 2. The number of methoxy groups -OCH3 is 1. The van der Waals surface area contributed by atoms with Crippen LogP contribution in [0.25, 0.3) is 16.9 Å². The number of esters is 1. The maximum atomic E-state index is 13.3. The molecule has 1 aliphatic carbocycles. The Labute approximate surface area is 241 Å². The first kappa shape index (κ1) is 28.2. The van der Waals surface area contributed by atoms with Gasteiger partial charge in [-0.3, -0.25) is 18.9 Å². The van der Waals surface area contributed by atoms with Crippen molar-refractivity contribution in [3.63, 3.8) is 0 Å². The minimum Gasteiger partial charge on any atom is -0.496 e. The van der Waals surface area contributed by atoms with Gasteiger partial charge in [-0.05, 0) is 63.6 Å². The monoisotopic (exact) mass is 584 g/mol. The SMILES string of the molecule is CCOC(=O)CN1[C@@H]2CC[C@H]1CC(Oc1ccn3c(-c4cc(OC)c(C(=O)NC5CC5)c(OC(F)F)c4)cnc3c1)C2. The lowest BCUT2D eigenvalue weighted by atomic mass is 9.99. The standard InChI is InChI=1S/C30H34F2N4O6/c1-3-40-27(37)16-36-19-6-7-20(36)13-22(12-19)41-21-8-9-35-23(15-33-26(35)14-21)17-10-24(39-2)28(25(11-17)42-30(31)32)29(38)34-18-4-5-18/h8-11,14-15,18-20,22,30H,3-7,12-13,16H2,1-2H3,(H,34,38)/t19-,20+,22?. The zero-order chi connectivity index (χ0) is 29.4. The fourth-order valence-electron chi connectivity index (χ4n) is 6.17. The Morgan fingerprint density at radius 1 is 1.10 bits per heavy atom. The van der Waals surface area contributed by atoms with Gasteiger partial charge in [-0.15, -0.1) is 0 Å². The summed E-state index contributed by atoms with van der Waals surface area (Å²) in [6.07, 6.45) is 8.88. The van der Waals surface area contributed by atoms with Gasteiger partial charge in [0.1, 0.15) is 34.6 Å². The molecule has 3 aliphatic rings. The van der Waals surface area contributed by atoms with Crippen LogP contribution in [0.5, 0.6) is 17.2 Å². The number of piperidine rings is 1. The maximum absolute atomic E-state index is 13.3. The molecule has 2 aliphatic heterocycles. The normalized spacial score (nSPS) is 21.9. The van der Waals surface area contributed by atoms with Gasteiger partial charge in [-0.1, -0.05) is 0 Å². The highest BCUT2D eigenvalue weighted by Crippen LogP contribution is 2.39. The first-order valence-corrected chi connectivity index (χ1v) is 14.4. The van der Waals surface area contributed by atoms with Crippen molar-refractivity contribution in [2.24, 2.45) is 0 Å². The van der Waals surface area contributed by atoms with E-state index in [9.17, 15) is 18.4 Å². The molecule has 1 N–H and O–H groups in total. The van der Waals surface area contributed by atoms with Gasteiger partial charge in [0.25, 0.3) is 5.91 Å². The Bertz CT molecular complexity index is 1460. The molecule has 10 nitrogen and oxygen atoms in total. The molecule has 1 unspecified atom stereocenters. The van der Waals surface area contributed by atoms with E-state index in [2.05, 4.69) is 15.2 Å². The van der Waals surface area contributed by atoms with Crippen molar-refractivity contribution >= 4 is 17.5 Å². The minimum atomic E-state index is -3.12. The third kappa shape index (κ3) is 5.85. The number of nitrogens with zero attached hydrogens (tertiary/aromatic N) is 3. The number of ether oxygens (including phenoxy) is 4. The number of carbonyl (C=O) groups is 2. The van der Waals surface area contributed by atoms with Gasteiger partial charge in [-0.2, -0.15) is 8.78 Å². The molecule has 42 heavy (non-hydrogen) atoms. The second-order valence-electron chi connectivity index (χ2n) is 11.0. The van der Waals surface area contributed by atoms with Gasteiger partial charge in [0.2, 0.25) is 0 Å². The lowest BCUT2D eigenvalue weighted by molar-refractivity contribution is -0.146. The second kappa shape index (κ2) is 11.7. The number of hydrogen-bond acceptors (Lipinski definition) is 8. The minimum absolute atomic E-state index is 0.0190.